The Morgan fingerprint density at radius 3 is 2.71 bits per heavy atom. The van der Waals surface area contributed by atoms with Crippen LogP contribution in [0.15, 0.2) is 30.3 Å². The number of carbonyl (C=O) groups excluding carboxylic acids is 1. The Kier molecular flexibility index (Phi) is 4.47. The van der Waals surface area contributed by atoms with Crippen LogP contribution < -0.4 is 4.90 Å². The van der Waals surface area contributed by atoms with Crippen molar-refractivity contribution in [2.45, 2.75) is 38.1 Å². The van der Waals surface area contributed by atoms with Gasteiger partial charge in [-0.15, -0.1) is 0 Å². The predicted octanol–water partition coefficient (Wildman–Crippen LogP) is 2.72. The summed E-state index contributed by atoms with van der Waals surface area (Å²) in [7, 11) is 0. The second kappa shape index (κ2) is 6.89. The van der Waals surface area contributed by atoms with Gasteiger partial charge in [0.2, 0.25) is 11.0 Å². The summed E-state index contributed by atoms with van der Waals surface area (Å²) >= 11 is 1.42. The Balaban J connectivity index is 1.47. The molecule has 24 heavy (non-hydrogen) atoms. The molecule has 3 heterocycles. The van der Waals surface area contributed by atoms with Gasteiger partial charge in [0.15, 0.2) is 0 Å². The van der Waals surface area contributed by atoms with Crippen LogP contribution in [0.5, 0.6) is 0 Å². The molecule has 2 fully saturated rings. The quantitative estimate of drug-likeness (QED) is 0.857. The fourth-order valence-electron chi connectivity index (χ4n) is 3.61. The van der Waals surface area contributed by atoms with Gasteiger partial charge in [-0.05, 0) is 31.2 Å². The predicted molar refractivity (Wildman–Crippen MR) is 95.3 cm³/mol. The van der Waals surface area contributed by atoms with Gasteiger partial charge in [-0.3, -0.25) is 4.79 Å². The summed E-state index contributed by atoms with van der Waals surface area (Å²) in [5, 5.41) is 0.899. The smallest absolute Gasteiger partial charge is 0.245 e. The van der Waals surface area contributed by atoms with E-state index in [0.29, 0.717) is 0 Å². The van der Waals surface area contributed by atoms with Crippen LogP contribution >= 0.6 is 11.5 Å². The van der Waals surface area contributed by atoms with Crippen LogP contribution in [0.2, 0.25) is 0 Å². The summed E-state index contributed by atoms with van der Waals surface area (Å²) in [5.74, 6) is 1.13. The molecule has 2 aliphatic rings. The van der Waals surface area contributed by atoms with Crippen molar-refractivity contribution >= 4 is 22.6 Å². The normalized spacial score (nSPS) is 20.8. The minimum Gasteiger partial charge on any atom is -0.341 e. The largest absolute Gasteiger partial charge is 0.341 e. The molecule has 4 rings (SSSR count). The number of benzene rings is 1. The first-order chi connectivity index (χ1) is 11.8. The monoisotopic (exact) mass is 342 g/mol. The molecular weight excluding hydrogens is 320 g/mol. The molecule has 0 N–H and O–H groups in total. The number of aromatic nitrogens is 2. The van der Waals surface area contributed by atoms with Crippen LogP contribution in [0.3, 0.4) is 0 Å². The number of rotatable bonds is 4. The number of hydrogen-bond acceptors (Lipinski definition) is 5. The Hall–Kier alpha value is -1.95. The molecule has 0 radical (unpaired) electrons. The van der Waals surface area contributed by atoms with Crippen molar-refractivity contribution in [3.63, 3.8) is 0 Å². The van der Waals surface area contributed by atoms with Crippen LogP contribution in [-0.4, -0.2) is 45.8 Å². The van der Waals surface area contributed by atoms with Crippen LogP contribution in [-0.2, 0) is 11.2 Å². The molecule has 1 amide bonds. The molecule has 0 aliphatic carbocycles. The lowest BCUT2D eigenvalue weighted by molar-refractivity contribution is -0.131. The standard InChI is InChI=1S/C18H22N4OS/c23-17(21-10-4-5-11-21)15-9-6-12-22(15)18-19-16(20-24-18)13-14-7-2-1-3-8-14/h1-3,7-8,15H,4-6,9-13H2. The van der Waals surface area contributed by atoms with E-state index in [1.807, 2.05) is 23.1 Å². The lowest BCUT2D eigenvalue weighted by atomic mass is 10.1. The molecule has 126 valence electrons. The minimum absolute atomic E-state index is 0.0411. The maximum absolute atomic E-state index is 12.8. The number of hydrogen-bond donors (Lipinski definition) is 0. The van der Waals surface area contributed by atoms with Crippen LogP contribution in [0.1, 0.15) is 37.1 Å². The number of nitrogens with zero attached hydrogens (tertiary/aromatic N) is 4. The van der Waals surface area contributed by atoms with Crippen molar-refractivity contribution in [1.29, 1.82) is 0 Å². The third-order valence-electron chi connectivity index (χ3n) is 4.86. The van der Waals surface area contributed by atoms with Crippen molar-refractivity contribution in [2.75, 3.05) is 24.5 Å². The van der Waals surface area contributed by atoms with Crippen molar-refractivity contribution in [1.82, 2.24) is 14.3 Å². The van der Waals surface area contributed by atoms with Crippen LogP contribution in [0.25, 0.3) is 0 Å². The van der Waals surface area contributed by atoms with E-state index in [2.05, 4.69) is 21.4 Å². The highest BCUT2D eigenvalue weighted by atomic mass is 32.1. The average Bonchev–Trinajstić information content (AvgIpc) is 3.36. The van der Waals surface area contributed by atoms with Gasteiger partial charge in [0.05, 0.1) is 0 Å². The summed E-state index contributed by atoms with van der Waals surface area (Å²) < 4.78 is 4.51. The fourth-order valence-corrected chi connectivity index (χ4v) is 4.37. The summed E-state index contributed by atoms with van der Waals surface area (Å²) in [6, 6.07) is 10.2. The number of anilines is 1. The molecule has 6 heteroatoms. The fraction of sp³-hybridized carbons (Fsp3) is 0.500. The van der Waals surface area contributed by atoms with E-state index in [-0.39, 0.29) is 11.9 Å². The molecular formula is C18H22N4OS. The first-order valence-electron chi connectivity index (χ1n) is 8.73. The van der Waals surface area contributed by atoms with E-state index in [4.69, 9.17) is 4.98 Å². The summed E-state index contributed by atoms with van der Waals surface area (Å²) in [6.45, 7) is 2.74. The number of amides is 1. The Morgan fingerprint density at radius 1 is 1.12 bits per heavy atom. The summed E-state index contributed by atoms with van der Waals surface area (Å²) in [5.41, 5.74) is 1.22. The lowest BCUT2D eigenvalue weighted by Crippen LogP contribution is -2.44. The number of likely N-dealkylation sites (tertiary alicyclic amines) is 1. The minimum atomic E-state index is -0.0411. The molecule has 5 nitrogen and oxygen atoms in total. The maximum atomic E-state index is 12.8. The lowest BCUT2D eigenvalue weighted by Gasteiger charge is -2.27. The van der Waals surface area contributed by atoms with Crippen molar-refractivity contribution in [2.24, 2.45) is 0 Å². The second-order valence-corrected chi connectivity index (χ2v) is 7.27. The van der Waals surface area contributed by atoms with Gasteiger partial charge in [-0.1, -0.05) is 30.3 Å². The zero-order valence-electron chi connectivity index (χ0n) is 13.7. The Bertz CT molecular complexity index is 696. The highest BCUT2D eigenvalue weighted by Gasteiger charge is 2.36. The first kappa shape index (κ1) is 15.6. The summed E-state index contributed by atoms with van der Waals surface area (Å²) in [6.07, 6.45) is 5.01. The molecule has 1 atom stereocenters. The maximum Gasteiger partial charge on any atom is 0.245 e. The molecule has 2 aliphatic heterocycles. The van der Waals surface area contributed by atoms with E-state index in [1.54, 1.807) is 0 Å². The zero-order valence-corrected chi connectivity index (χ0v) is 14.5. The van der Waals surface area contributed by atoms with E-state index >= 15 is 0 Å². The molecule has 0 saturated carbocycles. The van der Waals surface area contributed by atoms with E-state index in [0.717, 1.165) is 62.7 Å². The molecule has 2 saturated heterocycles. The van der Waals surface area contributed by atoms with Gasteiger partial charge in [-0.25, -0.2) is 4.98 Å². The SMILES string of the molecule is O=C(C1CCCN1c1nc(Cc2ccccc2)ns1)N1CCCC1. The average molecular weight is 342 g/mol. The van der Waals surface area contributed by atoms with Crippen LogP contribution in [0, 0.1) is 0 Å². The highest BCUT2D eigenvalue weighted by molar-refractivity contribution is 7.09. The summed E-state index contributed by atoms with van der Waals surface area (Å²) in [4.78, 5) is 21.7. The van der Waals surface area contributed by atoms with Gasteiger partial charge >= 0.3 is 0 Å². The van der Waals surface area contributed by atoms with Gasteiger partial charge in [0.1, 0.15) is 11.9 Å². The van der Waals surface area contributed by atoms with Crippen molar-refractivity contribution in [3.05, 3.63) is 41.7 Å². The molecule has 1 unspecified atom stereocenters. The molecule has 2 aromatic rings. The third kappa shape index (κ3) is 3.15. The molecule has 0 bridgehead atoms. The molecule has 1 aromatic carbocycles. The van der Waals surface area contributed by atoms with Gasteiger partial charge < -0.3 is 9.80 Å². The van der Waals surface area contributed by atoms with Gasteiger partial charge in [-0.2, -0.15) is 4.37 Å². The highest BCUT2D eigenvalue weighted by Crippen LogP contribution is 2.29. The molecule has 1 aromatic heterocycles. The topological polar surface area (TPSA) is 49.3 Å². The zero-order chi connectivity index (χ0) is 16.4. The Morgan fingerprint density at radius 2 is 1.92 bits per heavy atom. The van der Waals surface area contributed by atoms with E-state index in [1.165, 1.54) is 17.1 Å². The molecule has 0 spiro atoms. The second-order valence-electron chi connectivity index (χ2n) is 6.54. The van der Waals surface area contributed by atoms with E-state index in [9.17, 15) is 4.79 Å². The van der Waals surface area contributed by atoms with Crippen molar-refractivity contribution < 1.29 is 4.79 Å². The third-order valence-corrected chi connectivity index (χ3v) is 5.65. The van der Waals surface area contributed by atoms with Gasteiger partial charge in [0.25, 0.3) is 0 Å². The van der Waals surface area contributed by atoms with Gasteiger partial charge in [0, 0.05) is 37.6 Å². The number of carbonyl (C=O) groups is 1. The van der Waals surface area contributed by atoms with Crippen LogP contribution in [0.4, 0.5) is 5.13 Å². The van der Waals surface area contributed by atoms with Crippen molar-refractivity contribution in [3.8, 4) is 0 Å². The van der Waals surface area contributed by atoms with E-state index < -0.39 is 0 Å². The first-order valence-corrected chi connectivity index (χ1v) is 9.50. The Labute approximate surface area is 146 Å².